The van der Waals surface area contributed by atoms with Crippen LogP contribution in [0.3, 0.4) is 0 Å². The molecule has 14 heavy (non-hydrogen) atoms. The number of allylic oxidation sites excluding steroid dienone is 5. The molecule has 3 N–H and O–H groups in total. The predicted octanol–water partition coefficient (Wildman–Crippen LogP) is 1.75. The second-order valence-electron chi connectivity index (χ2n) is 3.59. The normalized spacial score (nSPS) is 20.1. The average Bonchev–Trinajstić information content (AvgIpc) is 2.47. The van der Waals surface area contributed by atoms with Crippen molar-refractivity contribution in [3.8, 4) is 0 Å². The van der Waals surface area contributed by atoms with Gasteiger partial charge >= 0.3 is 0 Å². The minimum absolute atomic E-state index is 0.123. The average molecular weight is 192 g/mol. The van der Waals surface area contributed by atoms with Crippen LogP contribution in [0.2, 0.25) is 0 Å². The molecule has 1 aliphatic carbocycles. The molecule has 2 atom stereocenters. The Morgan fingerprint density at radius 2 is 2.21 bits per heavy atom. The molecular weight excluding hydrogens is 172 g/mol. The fraction of sp³-hybridized carbons (Fsp3) is 0.500. The molecule has 1 unspecified atom stereocenters. The van der Waals surface area contributed by atoms with Crippen LogP contribution in [0.5, 0.6) is 0 Å². The molecule has 0 heterocycles. The molecule has 0 fully saturated rings. The van der Waals surface area contributed by atoms with Crippen molar-refractivity contribution in [2.24, 2.45) is 5.73 Å². The molecule has 0 radical (unpaired) electrons. The fourth-order valence-electron chi connectivity index (χ4n) is 1.74. The quantitative estimate of drug-likeness (QED) is 0.712. The third-order valence-corrected chi connectivity index (χ3v) is 2.69. The van der Waals surface area contributed by atoms with Gasteiger partial charge in [0.15, 0.2) is 0 Å². The Morgan fingerprint density at radius 3 is 2.86 bits per heavy atom. The Labute approximate surface area is 86.6 Å². The molecule has 0 spiro atoms. The highest BCUT2D eigenvalue weighted by atomic mass is 14.9. The molecule has 0 saturated carbocycles. The summed E-state index contributed by atoms with van der Waals surface area (Å²) in [5, 5.41) is 3.26. The van der Waals surface area contributed by atoms with E-state index in [1.807, 2.05) is 13.1 Å². The van der Waals surface area contributed by atoms with E-state index in [1.165, 1.54) is 5.57 Å². The number of likely N-dealkylation sites (N-methyl/N-ethyl adjacent to an activating group) is 1. The van der Waals surface area contributed by atoms with Gasteiger partial charge < -0.3 is 11.1 Å². The van der Waals surface area contributed by atoms with Gasteiger partial charge in [-0.15, -0.1) is 0 Å². The van der Waals surface area contributed by atoms with Crippen LogP contribution in [0.4, 0.5) is 0 Å². The summed E-state index contributed by atoms with van der Waals surface area (Å²) in [7, 11) is 1.97. The maximum atomic E-state index is 6.18. The van der Waals surface area contributed by atoms with Gasteiger partial charge in [0.25, 0.3) is 0 Å². The second-order valence-corrected chi connectivity index (χ2v) is 3.59. The Hall–Kier alpha value is -0.860. The molecule has 2 heteroatoms. The zero-order valence-corrected chi connectivity index (χ0v) is 9.03. The molecule has 0 saturated heterocycles. The molecule has 2 nitrogen and oxygen atoms in total. The zero-order chi connectivity index (χ0) is 10.4. The van der Waals surface area contributed by atoms with E-state index in [0.717, 1.165) is 12.8 Å². The largest absolute Gasteiger partial charge is 0.323 e. The van der Waals surface area contributed by atoms with Crippen molar-refractivity contribution in [3.63, 3.8) is 0 Å². The van der Waals surface area contributed by atoms with Crippen molar-refractivity contribution in [2.75, 3.05) is 7.05 Å². The molecule has 1 aliphatic rings. The lowest BCUT2D eigenvalue weighted by molar-refractivity contribution is 0.480. The Morgan fingerprint density at radius 1 is 1.43 bits per heavy atom. The second kappa shape index (κ2) is 5.78. The maximum absolute atomic E-state index is 6.18. The smallest absolute Gasteiger partial charge is 0.0415 e. The number of nitrogens with one attached hydrogen (secondary N) is 1. The van der Waals surface area contributed by atoms with E-state index in [9.17, 15) is 0 Å². The predicted molar refractivity (Wildman–Crippen MR) is 62.1 cm³/mol. The zero-order valence-electron chi connectivity index (χ0n) is 9.03. The summed E-state index contributed by atoms with van der Waals surface area (Å²) in [6, 6.07) is 0.499. The van der Waals surface area contributed by atoms with E-state index in [2.05, 4.69) is 36.5 Å². The van der Waals surface area contributed by atoms with Crippen molar-refractivity contribution in [1.29, 1.82) is 0 Å². The van der Waals surface area contributed by atoms with Crippen molar-refractivity contribution in [3.05, 3.63) is 36.0 Å². The monoisotopic (exact) mass is 192 g/mol. The third kappa shape index (κ3) is 2.82. The van der Waals surface area contributed by atoms with E-state index < -0.39 is 0 Å². The molecule has 0 aromatic carbocycles. The van der Waals surface area contributed by atoms with E-state index in [-0.39, 0.29) is 6.04 Å². The Balaban J connectivity index is 2.67. The van der Waals surface area contributed by atoms with E-state index >= 15 is 0 Å². The first-order chi connectivity index (χ1) is 6.79. The first-order valence-electron chi connectivity index (χ1n) is 5.24. The topological polar surface area (TPSA) is 38.0 Å². The Bertz CT molecular complexity index is 247. The number of nitrogens with two attached hydrogens (primary N) is 1. The van der Waals surface area contributed by atoms with Crippen molar-refractivity contribution in [1.82, 2.24) is 5.32 Å². The van der Waals surface area contributed by atoms with Gasteiger partial charge in [0.1, 0.15) is 0 Å². The van der Waals surface area contributed by atoms with Gasteiger partial charge in [-0.3, -0.25) is 0 Å². The van der Waals surface area contributed by atoms with Gasteiger partial charge in [0.2, 0.25) is 0 Å². The van der Waals surface area contributed by atoms with Crippen molar-refractivity contribution < 1.29 is 0 Å². The van der Waals surface area contributed by atoms with Crippen LogP contribution >= 0.6 is 0 Å². The van der Waals surface area contributed by atoms with Crippen LogP contribution in [-0.2, 0) is 0 Å². The standard InChI is InChI=1S/C12H20N2/c1-3-11(14-2)12(13)10-8-6-4-5-7-9-10/h4-8,11-12,14H,3,9,13H2,1-2H3/t11?,12-/m0/s1. The first-order valence-corrected chi connectivity index (χ1v) is 5.24. The van der Waals surface area contributed by atoms with Crippen LogP contribution in [0.1, 0.15) is 19.8 Å². The van der Waals surface area contributed by atoms with Crippen molar-refractivity contribution in [2.45, 2.75) is 31.8 Å². The SMILES string of the molecule is CCC(NC)[C@@H](N)C1=CC=CC=CC1. The minimum atomic E-state index is 0.123. The molecule has 0 aromatic heterocycles. The van der Waals surface area contributed by atoms with Gasteiger partial charge in [-0.2, -0.15) is 0 Å². The molecule has 78 valence electrons. The minimum Gasteiger partial charge on any atom is -0.323 e. The number of hydrogen-bond acceptors (Lipinski definition) is 2. The lowest BCUT2D eigenvalue weighted by atomic mass is 9.96. The van der Waals surface area contributed by atoms with Crippen LogP contribution in [0.25, 0.3) is 0 Å². The van der Waals surface area contributed by atoms with Gasteiger partial charge in [-0.05, 0) is 25.5 Å². The van der Waals surface area contributed by atoms with Gasteiger partial charge in [0, 0.05) is 12.1 Å². The lowest BCUT2D eigenvalue weighted by Crippen LogP contribution is -2.44. The summed E-state index contributed by atoms with van der Waals surface area (Å²) in [6.07, 6.45) is 12.5. The maximum Gasteiger partial charge on any atom is 0.0415 e. The van der Waals surface area contributed by atoms with Crippen LogP contribution in [-0.4, -0.2) is 19.1 Å². The highest BCUT2D eigenvalue weighted by Crippen LogP contribution is 2.14. The van der Waals surface area contributed by atoms with Crippen LogP contribution < -0.4 is 11.1 Å². The molecule has 0 aromatic rings. The van der Waals surface area contributed by atoms with Gasteiger partial charge in [0.05, 0.1) is 0 Å². The molecule has 0 amide bonds. The number of hydrogen-bond donors (Lipinski definition) is 2. The molecule has 1 rings (SSSR count). The fourth-order valence-corrected chi connectivity index (χ4v) is 1.74. The van der Waals surface area contributed by atoms with Crippen molar-refractivity contribution >= 4 is 0 Å². The summed E-state index contributed by atoms with van der Waals surface area (Å²) < 4.78 is 0. The highest BCUT2D eigenvalue weighted by molar-refractivity contribution is 5.27. The third-order valence-electron chi connectivity index (χ3n) is 2.69. The molecular formula is C12H20N2. The Kier molecular flexibility index (Phi) is 4.63. The summed E-state index contributed by atoms with van der Waals surface area (Å²) in [5.74, 6) is 0. The molecule has 0 bridgehead atoms. The first kappa shape index (κ1) is 11.2. The van der Waals surface area contributed by atoms with Crippen LogP contribution in [0, 0.1) is 0 Å². The van der Waals surface area contributed by atoms with Gasteiger partial charge in [-0.1, -0.05) is 37.3 Å². The van der Waals surface area contributed by atoms with E-state index in [4.69, 9.17) is 5.73 Å². The van der Waals surface area contributed by atoms with E-state index in [1.54, 1.807) is 0 Å². The summed E-state index contributed by atoms with van der Waals surface area (Å²) in [4.78, 5) is 0. The lowest BCUT2D eigenvalue weighted by Gasteiger charge is -2.24. The molecule has 0 aliphatic heterocycles. The van der Waals surface area contributed by atoms with Crippen LogP contribution in [0.15, 0.2) is 36.0 Å². The summed E-state index contributed by atoms with van der Waals surface area (Å²) in [6.45, 7) is 2.16. The van der Waals surface area contributed by atoms with E-state index in [0.29, 0.717) is 6.04 Å². The number of rotatable bonds is 4. The van der Waals surface area contributed by atoms with Gasteiger partial charge in [-0.25, -0.2) is 0 Å². The highest BCUT2D eigenvalue weighted by Gasteiger charge is 2.17. The summed E-state index contributed by atoms with van der Waals surface area (Å²) in [5.41, 5.74) is 7.49. The summed E-state index contributed by atoms with van der Waals surface area (Å²) >= 11 is 0.